The lowest BCUT2D eigenvalue weighted by Gasteiger charge is -1.99. The van der Waals surface area contributed by atoms with Crippen LogP contribution in [0.4, 0.5) is 0 Å². The minimum Gasteiger partial charge on any atom is -0.323 e. The second-order valence-electron chi connectivity index (χ2n) is 2.33. The van der Waals surface area contributed by atoms with E-state index in [1.54, 1.807) is 13.0 Å². The quantitative estimate of drug-likeness (QED) is 0.283. The molecule has 0 saturated heterocycles. The van der Waals surface area contributed by atoms with Crippen LogP contribution in [0.2, 0.25) is 0 Å². The minimum atomic E-state index is -1.15. The second-order valence-corrected chi connectivity index (χ2v) is 2.33. The van der Waals surface area contributed by atoms with Crippen LogP contribution in [0.15, 0.2) is 5.10 Å². The zero-order chi connectivity index (χ0) is 9.56. The summed E-state index contributed by atoms with van der Waals surface area (Å²) in [6, 6.07) is 0.435. The van der Waals surface area contributed by atoms with Gasteiger partial charge in [0.1, 0.15) is 6.07 Å². The molecule has 12 heavy (non-hydrogen) atoms. The van der Waals surface area contributed by atoms with Crippen molar-refractivity contribution in [3.05, 3.63) is 10.1 Å². The van der Waals surface area contributed by atoms with Gasteiger partial charge in [-0.05, 0) is 13.3 Å². The number of nitrogens with two attached hydrogens (primary N) is 1. The molecule has 0 fully saturated rings. The first-order valence-corrected chi connectivity index (χ1v) is 3.38. The number of hydrogen-bond acceptors (Lipinski definition) is 5. The van der Waals surface area contributed by atoms with Crippen molar-refractivity contribution in [2.75, 3.05) is 0 Å². The smallest absolute Gasteiger partial charge is 0.297 e. The predicted octanol–water partition coefficient (Wildman–Crippen LogP) is 0.270. The molecule has 0 aliphatic rings. The van der Waals surface area contributed by atoms with Gasteiger partial charge in [-0.1, -0.05) is 0 Å². The molecule has 1 atom stereocenters. The maximum atomic E-state index is 10.1. The number of nitrogens with zero attached hydrogens (tertiary/aromatic N) is 3. The van der Waals surface area contributed by atoms with Crippen LogP contribution in [0.25, 0.3) is 0 Å². The summed E-state index contributed by atoms with van der Waals surface area (Å²) in [5.41, 5.74) is 0.608. The van der Waals surface area contributed by atoms with Crippen LogP contribution in [0, 0.1) is 21.4 Å². The zero-order valence-electron chi connectivity index (χ0n) is 6.73. The largest absolute Gasteiger partial charge is 0.323 e. The fourth-order valence-corrected chi connectivity index (χ4v) is 0.627. The van der Waals surface area contributed by atoms with E-state index < -0.39 is 11.0 Å². The topological polar surface area (TPSA) is 105 Å². The van der Waals surface area contributed by atoms with Crippen molar-refractivity contribution in [3.8, 4) is 6.07 Å². The van der Waals surface area contributed by atoms with Gasteiger partial charge in [-0.25, -0.2) is 0 Å². The summed E-state index contributed by atoms with van der Waals surface area (Å²) in [7, 11) is 0. The number of hydrogen-bond donors (Lipinski definition) is 1. The average Bonchev–Trinajstić information content (AvgIpc) is 2.04. The fourth-order valence-electron chi connectivity index (χ4n) is 0.627. The van der Waals surface area contributed by atoms with E-state index in [1.807, 2.05) is 0 Å². The Hall–Kier alpha value is -1.64. The van der Waals surface area contributed by atoms with E-state index in [9.17, 15) is 10.1 Å². The molecule has 6 heteroatoms. The molecule has 0 aromatic rings. The van der Waals surface area contributed by atoms with Crippen LogP contribution >= 0.6 is 0 Å². The number of nitro groups is 1. The lowest BCUT2D eigenvalue weighted by molar-refractivity contribution is -0.507. The average molecular weight is 170 g/mol. The molecule has 0 heterocycles. The van der Waals surface area contributed by atoms with Crippen LogP contribution in [0.5, 0.6) is 0 Å². The summed E-state index contributed by atoms with van der Waals surface area (Å²) >= 11 is 0. The first-order valence-electron chi connectivity index (χ1n) is 3.38. The van der Waals surface area contributed by atoms with Crippen LogP contribution in [0.1, 0.15) is 19.8 Å². The van der Waals surface area contributed by atoms with Crippen molar-refractivity contribution in [2.24, 2.45) is 10.9 Å². The van der Waals surface area contributed by atoms with Crippen molar-refractivity contribution in [2.45, 2.75) is 25.8 Å². The molecule has 0 aromatic carbocycles. The molecule has 0 aromatic heterocycles. The Morgan fingerprint density at radius 2 is 2.50 bits per heavy atom. The molecule has 0 saturated carbocycles. The Kier molecular flexibility index (Phi) is 4.38. The number of rotatable bonds is 4. The molecular weight excluding hydrogens is 160 g/mol. The van der Waals surface area contributed by atoms with Crippen LogP contribution in [-0.4, -0.2) is 16.7 Å². The molecule has 2 N–H and O–H groups in total. The maximum Gasteiger partial charge on any atom is 0.297 e. The van der Waals surface area contributed by atoms with E-state index >= 15 is 0 Å². The Bertz CT molecular complexity index is 230. The van der Waals surface area contributed by atoms with E-state index in [0.717, 1.165) is 0 Å². The molecule has 0 aliphatic carbocycles. The SMILES string of the molecule is C/C(CCC(C#N)[N+](=O)[O-])=N/N. The predicted molar refractivity (Wildman–Crippen MR) is 42.9 cm³/mol. The van der Waals surface area contributed by atoms with Gasteiger partial charge in [0.25, 0.3) is 6.04 Å². The van der Waals surface area contributed by atoms with Crippen molar-refractivity contribution in [1.82, 2.24) is 0 Å². The normalized spacial score (nSPS) is 13.5. The van der Waals surface area contributed by atoms with E-state index in [0.29, 0.717) is 12.1 Å². The van der Waals surface area contributed by atoms with Gasteiger partial charge in [0.15, 0.2) is 0 Å². The highest BCUT2D eigenvalue weighted by Crippen LogP contribution is 2.00. The zero-order valence-corrected chi connectivity index (χ0v) is 6.73. The summed E-state index contributed by atoms with van der Waals surface area (Å²) in [6.07, 6.45) is 0.547. The fraction of sp³-hybridized carbons (Fsp3) is 0.667. The summed E-state index contributed by atoms with van der Waals surface area (Å²) in [5, 5.41) is 21.8. The maximum absolute atomic E-state index is 10.1. The molecular formula is C6H10N4O2. The lowest BCUT2D eigenvalue weighted by atomic mass is 10.1. The highest BCUT2D eigenvalue weighted by atomic mass is 16.6. The van der Waals surface area contributed by atoms with Crippen LogP contribution in [-0.2, 0) is 0 Å². The lowest BCUT2D eigenvalue weighted by Crippen LogP contribution is -2.18. The molecule has 0 bridgehead atoms. The second kappa shape index (κ2) is 5.07. The van der Waals surface area contributed by atoms with Gasteiger partial charge in [-0.2, -0.15) is 10.4 Å². The molecule has 0 radical (unpaired) electrons. The summed E-state index contributed by atoms with van der Waals surface area (Å²) in [6.45, 7) is 1.66. The third kappa shape index (κ3) is 3.51. The van der Waals surface area contributed by atoms with Crippen molar-refractivity contribution >= 4 is 5.71 Å². The monoisotopic (exact) mass is 170 g/mol. The molecule has 0 spiro atoms. The van der Waals surface area contributed by atoms with Gasteiger partial charge in [0.2, 0.25) is 0 Å². The summed E-state index contributed by atoms with van der Waals surface area (Å²) in [5.74, 6) is 4.91. The van der Waals surface area contributed by atoms with E-state index in [1.165, 1.54) is 0 Å². The Balaban J connectivity index is 3.92. The molecule has 6 nitrogen and oxygen atoms in total. The van der Waals surface area contributed by atoms with Crippen LogP contribution in [0.3, 0.4) is 0 Å². The highest BCUT2D eigenvalue weighted by molar-refractivity contribution is 5.81. The van der Waals surface area contributed by atoms with E-state index in [2.05, 4.69) is 5.10 Å². The van der Waals surface area contributed by atoms with Crippen molar-refractivity contribution in [1.29, 1.82) is 5.26 Å². The summed E-state index contributed by atoms with van der Waals surface area (Å²) in [4.78, 5) is 9.54. The van der Waals surface area contributed by atoms with Gasteiger partial charge in [0, 0.05) is 17.1 Å². The van der Waals surface area contributed by atoms with Crippen LogP contribution < -0.4 is 5.84 Å². The van der Waals surface area contributed by atoms with Gasteiger partial charge in [0.05, 0.1) is 0 Å². The van der Waals surface area contributed by atoms with Crippen molar-refractivity contribution in [3.63, 3.8) is 0 Å². The minimum absolute atomic E-state index is 0.163. The van der Waals surface area contributed by atoms with E-state index in [-0.39, 0.29) is 6.42 Å². The van der Waals surface area contributed by atoms with E-state index in [4.69, 9.17) is 11.1 Å². The van der Waals surface area contributed by atoms with Gasteiger partial charge < -0.3 is 5.84 Å². The number of hydrazone groups is 1. The standard InChI is InChI=1S/C6H10N4O2/c1-5(9-8)2-3-6(4-7)10(11)12/h6H,2-3,8H2,1H3/b9-5-. The molecule has 0 amide bonds. The third-order valence-electron chi connectivity index (χ3n) is 1.40. The van der Waals surface area contributed by atoms with Gasteiger partial charge in [-0.3, -0.25) is 10.1 Å². The summed E-state index contributed by atoms with van der Waals surface area (Å²) < 4.78 is 0. The third-order valence-corrected chi connectivity index (χ3v) is 1.40. The Morgan fingerprint density at radius 3 is 2.83 bits per heavy atom. The Morgan fingerprint density at radius 1 is 1.92 bits per heavy atom. The molecule has 0 rings (SSSR count). The Labute approximate surface area is 69.8 Å². The highest BCUT2D eigenvalue weighted by Gasteiger charge is 2.18. The first kappa shape index (κ1) is 10.4. The van der Waals surface area contributed by atoms with Gasteiger partial charge in [-0.15, -0.1) is 0 Å². The molecule has 0 aliphatic heterocycles. The molecule has 1 unspecified atom stereocenters. The van der Waals surface area contributed by atoms with Crippen molar-refractivity contribution < 1.29 is 4.92 Å². The number of nitriles is 1. The molecule has 66 valence electrons. The first-order chi connectivity index (χ1) is 5.61. The van der Waals surface area contributed by atoms with Gasteiger partial charge >= 0.3 is 0 Å².